The maximum atomic E-state index is 13.0. The summed E-state index contributed by atoms with van der Waals surface area (Å²) in [6.07, 6.45) is 1.42. The van der Waals surface area contributed by atoms with E-state index in [2.05, 4.69) is 37.2 Å². The van der Waals surface area contributed by atoms with Crippen LogP contribution in [0.25, 0.3) is 6.08 Å². The fourth-order valence-electron chi connectivity index (χ4n) is 3.20. The van der Waals surface area contributed by atoms with Crippen molar-refractivity contribution < 1.29 is 19.1 Å². The van der Waals surface area contributed by atoms with Crippen LogP contribution < -0.4 is 15.0 Å². The Hall–Kier alpha value is -2.94. The zero-order valence-corrected chi connectivity index (χ0v) is 20.8. The summed E-state index contributed by atoms with van der Waals surface area (Å²) >= 11 is 13.1. The third kappa shape index (κ3) is 5.03. The molecule has 1 saturated heterocycles. The minimum Gasteiger partial charge on any atom is -0.486 e. The highest BCUT2D eigenvalue weighted by Gasteiger charge is 2.36. The number of barbiturate groups is 1. The van der Waals surface area contributed by atoms with Crippen LogP contribution in [0.5, 0.6) is 5.75 Å². The number of amides is 4. The monoisotopic (exact) mass is 588 g/mol. The molecule has 33 heavy (non-hydrogen) atoms. The quantitative estimate of drug-likeness (QED) is 0.288. The van der Waals surface area contributed by atoms with Gasteiger partial charge in [0.1, 0.15) is 17.9 Å². The van der Waals surface area contributed by atoms with Crippen molar-refractivity contribution in [3.8, 4) is 5.75 Å². The first-order chi connectivity index (χ1) is 15.8. The number of carbonyl (C=O) groups is 3. The van der Waals surface area contributed by atoms with Crippen LogP contribution in [0, 0.1) is 0 Å². The fraction of sp³-hybridized carbons (Fsp3) is 0.0417. The van der Waals surface area contributed by atoms with Crippen LogP contribution in [0.2, 0.25) is 5.02 Å². The van der Waals surface area contributed by atoms with Crippen LogP contribution in [0.15, 0.2) is 81.2 Å². The normalized spacial score (nSPS) is 15.1. The molecule has 1 fully saturated rings. The number of halogens is 3. The molecule has 0 radical (unpaired) electrons. The summed E-state index contributed by atoms with van der Waals surface area (Å²) in [6, 6.07) is 18.4. The molecule has 1 N–H and O–H groups in total. The van der Waals surface area contributed by atoms with Gasteiger partial charge in [0.05, 0.1) is 14.6 Å². The number of anilines is 1. The molecule has 4 amide bonds. The first kappa shape index (κ1) is 23.2. The molecule has 0 aromatic heterocycles. The summed E-state index contributed by atoms with van der Waals surface area (Å²) < 4.78 is 7.13. The number of imide groups is 2. The van der Waals surface area contributed by atoms with E-state index in [0.29, 0.717) is 31.0 Å². The van der Waals surface area contributed by atoms with Gasteiger partial charge in [0, 0.05) is 10.6 Å². The van der Waals surface area contributed by atoms with Crippen molar-refractivity contribution in [3.63, 3.8) is 0 Å². The Morgan fingerprint density at radius 2 is 1.58 bits per heavy atom. The van der Waals surface area contributed by atoms with Crippen LogP contribution in [-0.2, 0) is 16.2 Å². The average molecular weight is 591 g/mol. The second-order valence-corrected chi connectivity index (χ2v) is 9.10. The number of nitrogens with zero attached hydrogens (tertiary/aromatic N) is 1. The number of benzene rings is 3. The van der Waals surface area contributed by atoms with E-state index in [4.69, 9.17) is 16.3 Å². The van der Waals surface area contributed by atoms with Crippen molar-refractivity contribution >= 4 is 73.1 Å². The molecule has 0 saturated carbocycles. The second kappa shape index (κ2) is 9.91. The van der Waals surface area contributed by atoms with E-state index >= 15 is 0 Å². The van der Waals surface area contributed by atoms with E-state index in [-0.39, 0.29) is 12.2 Å². The van der Waals surface area contributed by atoms with E-state index in [9.17, 15) is 14.4 Å². The molecule has 0 spiro atoms. The molecule has 0 unspecified atom stereocenters. The van der Waals surface area contributed by atoms with E-state index in [1.54, 1.807) is 48.5 Å². The zero-order chi connectivity index (χ0) is 23.5. The minimum absolute atomic E-state index is 0.165. The Kier molecular flexibility index (Phi) is 6.97. The van der Waals surface area contributed by atoms with E-state index < -0.39 is 17.8 Å². The van der Waals surface area contributed by atoms with Crippen LogP contribution in [0.1, 0.15) is 11.1 Å². The summed E-state index contributed by atoms with van der Waals surface area (Å²) in [6.45, 7) is 0.256. The van der Waals surface area contributed by atoms with Gasteiger partial charge >= 0.3 is 6.03 Å². The van der Waals surface area contributed by atoms with Crippen molar-refractivity contribution in [1.82, 2.24) is 5.32 Å². The van der Waals surface area contributed by atoms with Crippen molar-refractivity contribution in [3.05, 3.63) is 97.4 Å². The lowest BCUT2D eigenvalue weighted by atomic mass is 10.1. The van der Waals surface area contributed by atoms with Crippen molar-refractivity contribution in [2.45, 2.75) is 6.61 Å². The van der Waals surface area contributed by atoms with Crippen LogP contribution in [0.3, 0.4) is 0 Å². The van der Waals surface area contributed by atoms with Gasteiger partial charge in [-0.05, 0) is 73.8 Å². The van der Waals surface area contributed by atoms with Gasteiger partial charge in [-0.1, -0.05) is 48.0 Å². The summed E-state index contributed by atoms with van der Waals surface area (Å²) in [4.78, 5) is 38.6. The lowest BCUT2D eigenvalue weighted by Crippen LogP contribution is -2.54. The second-order valence-electron chi connectivity index (χ2n) is 6.99. The number of ether oxygens (including phenoxy) is 1. The lowest BCUT2D eigenvalue weighted by molar-refractivity contribution is -0.122. The van der Waals surface area contributed by atoms with Crippen LogP contribution in [0.4, 0.5) is 10.5 Å². The van der Waals surface area contributed by atoms with Gasteiger partial charge in [-0.15, -0.1) is 0 Å². The molecule has 0 aliphatic carbocycles. The molecule has 0 atom stereocenters. The maximum Gasteiger partial charge on any atom is 0.335 e. The Labute approximate surface area is 211 Å². The smallest absolute Gasteiger partial charge is 0.335 e. The van der Waals surface area contributed by atoms with Gasteiger partial charge in [-0.25, -0.2) is 9.69 Å². The Balaban J connectivity index is 1.61. The first-order valence-corrected chi connectivity index (χ1v) is 11.6. The Morgan fingerprint density at radius 3 is 2.24 bits per heavy atom. The number of hydrogen-bond donors (Lipinski definition) is 1. The SMILES string of the molecule is O=C1NC(=O)N(c2ccccc2)C(=O)/C1=C/c1cc(Br)c(OCc2ccccc2Cl)c(Br)c1. The average Bonchev–Trinajstić information content (AvgIpc) is 2.78. The highest BCUT2D eigenvalue weighted by atomic mass is 79.9. The minimum atomic E-state index is -0.793. The molecule has 6 nitrogen and oxygen atoms in total. The van der Waals surface area contributed by atoms with Gasteiger partial charge < -0.3 is 4.74 Å². The van der Waals surface area contributed by atoms with E-state index in [1.165, 1.54) is 6.08 Å². The van der Waals surface area contributed by atoms with Crippen molar-refractivity contribution in [2.24, 2.45) is 0 Å². The van der Waals surface area contributed by atoms with E-state index in [1.807, 2.05) is 18.2 Å². The van der Waals surface area contributed by atoms with Gasteiger partial charge in [0.15, 0.2) is 0 Å². The number of hydrogen-bond acceptors (Lipinski definition) is 4. The van der Waals surface area contributed by atoms with Gasteiger partial charge in [-0.3, -0.25) is 14.9 Å². The highest BCUT2D eigenvalue weighted by molar-refractivity contribution is 9.11. The fourth-order valence-corrected chi connectivity index (χ4v) is 4.84. The molecular weight excluding hydrogens is 576 g/mol. The summed E-state index contributed by atoms with van der Waals surface area (Å²) in [5, 5.41) is 2.81. The largest absolute Gasteiger partial charge is 0.486 e. The molecule has 3 aromatic carbocycles. The standard InChI is InChI=1S/C24H15Br2ClN2O4/c25-18-11-14(12-19(26)21(18)33-13-15-6-4-5-9-20(15)27)10-17-22(30)28-24(32)29(23(17)31)16-7-2-1-3-8-16/h1-12H,13H2,(H,28,30,32)/b17-10+. The topological polar surface area (TPSA) is 75.7 Å². The lowest BCUT2D eigenvalue weighted by Gasteiger charge is -2.26. The van der Waals surface area contributed by atoms with Gasteiger partial charge in [0.2, 0.25) is 0 Å². The highest BCUT2D eigenvalue weighted by Crippen LogP contribution is 2.36. The number of carbonyl (C=O) groups excluding carboxylic acids is 3. The summed E-state index contributed by atoms with van der Waals surface area (Å²) in [7, 11) is 0. The van der Waals surface area contributed by atoms with Crippen LogP contribution >= 0.6 is 43.5 Å². The molecule has 1 aliphatic heterocycles. The molecule has 9 heteroatoms. The molecule has 1 aliphatic rings. The van der Waals surface area contributed by atoms with E-state index in [0.717, 1.165) is 10.5 Å². The predicted molar refractivity (Wildman–Crippen MR) is 133 cm³/mol. The predicted octanol–water partition coefficient (Wildman–Crippen LogP) is 6.11. The molecular formula is C24H15Br2ClN2O4. The Morgan fingerprint density at radius 1 is 0.939 bits per heavy atom. The summed E-state index contributed by atoms with van der Waals surface area (Å²) in [5.74, 6) is -0.928. The van der Waals surface area contributed by atoms with Crippen molar-refractivity contribution in [2.75, 3.05) is 4.90 Å². The molecule has 1 heterocycles. The van der Waals surface area contributed by atoms with Crippen LogP contribution in [-0.4, -0.2) is 17.8 Å². The molecule has 3 aromatic rings. The summed E-state index contributed by atoms with van der Waals surface area (Å²) in [5.41, 5.74) is 1.59. The van der Waals surface area contributed by atoms with Gasteiger partial charge in [0.25, 0.3) is 11.8 Å². The third-order valence-corrected chi connectivity index (χ3v) is 6.32. The number of urea groups is 1. The van der Waals surface area contributed by atoms with Crippen molar-refractivity contribution in [1.29, 1.82) is 0 Å². The first-order valence-electron chi connectivity index (χ1n) is 9.67. The number of nitrogens with one attached hydrogen (secondary N) is 1. The molecule has 0 bridgehead atoms. The number of para-hydroxylation sites is 1. The molecule has 4 rings (SSSR count). The van der Waals surface area contributed by atoms with Gasteiger partial charge in [-0.2, -0.15) is 0 Å². The maximum absolute atomic E-state index is 13.0. The molecule has 166 valence electrons. The zero-order valence-electron chi connectivity index (χ0n) is 16.8. The third-order valence-electron chi connectivity index (χ3n) is 4.78. The Bertz CT molecular complexity index is 1270. The number of rotatable bonds is 5.